The van der Waals surface area contributed by atoms with Crippen LogP contribution in [0.2, 0.25) is 0 Å². The number of anilines is 1. The van der Waals surface area contributed by atoms with Gasteiger partial charge in [-0.15, -0.1) is 5.10 Å². The second-order valence-corrected chi connectivity index (χ2v) is 6.40. The molecule has 0 spiro atoms. The zero-order valence-electron chi connectivity index (χ0n) is 14.4. The first-order chi connectivity index (χ1) is 11.6. The van der Waals surface area contributed by atoms with Crippen LogP contribution in [0, 0.1) is 20.8 Å². The molecule has 1 fully saturated rings. The van der Waals surface area contributed by atoms with Gasteiger partial charge in [-0.25, -0.2) is 4.68 Å². The van der Waals surface area contributed by atoms with Gasteiger partial charge in [0.1, 0.15) is 5.52 Å². The van der Waals surface area contributed by atoms with Gasteiger partial charge < -0.3 is 10.2 Å². The van der Waals surface area contributed by atoms with Crippen LogP contribution in [0.15, 0.2) is 24.3 Å². The minimum absolute atomic E-state index is 0.895. The van der Waals surface area contributed by atoms with E-state index < -0.39 is 0 Å². The van der Waals surface area contributed by atoms with Crippen LogP contribution in [0.1, 0.15) is 17.0 Å². The molecule has 0 saturated carbocycles. The third-order valence-electron chi connectivity index (χ3n) is 4.68. The summed E-state index contributed by atoms with van der Waals surface area (Å²) in [6.45, 7) is 10.0. The van der Waals surface area contributed by atoms with E-state index in [-0.39, 0.29) is 0 Å². The Morgan fingerprint density at radius 1 is 0.958 bits per heavy atom. The first-order valence-corrected chi connectivity index (χ1v) is 8.40. The number of nitrogens with one attached hydrogen (secondary N) is 1. The number of aryl methyl sites for hydroxylation is 3. The van der Waals surface area contributed by atoms with Gasteiger partial charge in [0.2, 0.25) is 0 Å². The quantitative estimate of drug-likeness (QED) is 0.783. The van der Waals surface area contributed by atoms with E-state index in [2.05, 4.69) is 58.5 Å². The van der Waals surface area contributed by atoms with Crippen molar-refractivity contribution >= 4 is 16.7 Å². The molecule has 1 saturated heterocycles. The lowest BCUT2D eigenvalue weighted by molar-refractivity contribution is 0.583. The van der Waals surface area contributed by atoms with Crippen molar-refractivity contribution in [2.24, 2.45) is 0 Å². The van der Waals surface area contributed by atoms with Crippen LogP contribution in [-0.4, -0.2) is 46.2 Å². The number of benzene rings is 1. The average molecular weight is 322 g/mol. The van der Waals surface area contributed by atoms with Gasteiger partial charge in [-0.05, 0) is 32.9 Å². The summed E-state index contributed by atoms with van der Waals surface area (Å²) in [7, 11) is 0. The molecule has 0 radical (unpaired) electrons. The second-order valence-electron chi connectivity index (χ2n) is 6.40. The predicted octanol–water partition coefficient (Wildman–Crippen LogP) is 2.15. The van der Waals surface area contributed by atoms with E-state index in [0.29, 0.717) is 0 Å². The maximum atomic E-state index is 4.90. The molecule has 0 amide bonds. The Labute approximate surface area is 141 Å². The minimum Gasteiger partial charge on any atom is -0.351 e. The fourth-order valence-electron chi connectivity index (χ4n) is 3.34. The van der Waals surface area contributed by atoms with Crippen molar-refractivity contribution in [3.8, 4) is 5.69 Å². The monoisotopic (exact) mass is 322 g/mol. The second kappa shape index (κ2) is 5.87. The Kier molecular flexibility index (Phi) is 3.69. The lowest BCUT2D eigenvalue weighted by Crippen LogP contribution is -2.44. The SMILES string of the molecule is Cc1ccc(-n2nc3c(N4CCNCC4)nnc(C)c3c2C)cc1. The van der Waals surface area contributed by atoms with Gasteiger partial charge in [0.25, 0.3) is 0 Å². The van der Waals surface area contributed by atoms with Crippen LogP contribution < -0.4 is 10.2 Å². The van der Waals surface area contributed by atoms with Crippen LogP contribution in [0.3, 0.4) is 0 Å². The molecule has 124 valence electrons. The maximum absolute atomic E-state index is 4.90. The summed E-state index contributed by atoms with van der Waals surface area (Å²) in [5.41, 5.74) is 5.30. The van der Waals surface area contributed by atoms with E-state index >= 15 is 0 Å². The molecular weight excluding hydrogens is 300 g/mol. The molecule has 3 heterocycles. The molecule has 0 atom stereocenters. The van der Waals surface area contributed by atoms with Crippen molar-refractivity contribution in [3.63, 3.8) is 0 Å². The van der Waals surface area contributed by atoms with Gasteiger partial charge in [0, 0.05) is 26.2 Å². The molecule has 3 aromatic rings. The zero-order valence-corrected chi connectivity index (χ0v) is 14.4. The predicted molar refractivity (Wildman–Crippen MR) is 96.0 cm³/mol. The van der Waals surface area contributed by atoms with E-state index in [1.54, 1.807) is 0 Å². The summed E-state index contributed by atoms with van der Waals surface area (Å²) >= 11 is 0. The molecule has 1 N–H and O–H groups in total. The fourth-order valence-corrected chi connectivity index (χ4v) is 3.34. The van der Waals surface area contributed by atoms with Crippen molar-refractivity contribution < 1.29 is 0 Å². The molecule has 0 aliphatic carbocycles. The zero-order chi connectivity index (χ0) is 16.7. The highest BCUT2D eigenvalue weighted by molar-refractivity contribution is 5.92. The van der Waals surface area contributed by atoms with E-state index in [0.717, 1.165) is 60.0 Å². The summed E-state index contributed by atoms with van der Waals surface area (Å²) in [5.74, 6) is 0.895. The number of piperazine rings is 1. The van der Waals surface area contributed by atoms with Crippen molar-refractivity contribution in [3.05, 3.63) is 41.2 Å². The first kappa shape index (κ1) is 15.1. The van der Waals surface area contributed by atoms with Gasteiger partial charge >= 0.3 is 0 Å². The molecule has 1 aliphatic heterocycles. The summed E-state index contributed by atoms with van der Waals surface area (Å²) in [5, 5.41) is 18.3. The number of hydrogen-bond acceptors (Lipinski definition) is 5. The fraction of sp³-hybridized carbons (Fsp3) is 0.389. The molecule has 6 nitrogen and oxygen atoms in total. The van der Waals surface area contributed by atoms with E-state index in [4.69, 9.17) is 5.10 Å². The molecule has 0 bridgehead atoms. The first-order valence-electron chi connectivity index (χ1n) is 8.40. The molecule has 1 aliphatic rings. The van der Waals surface area contributed by atoms with Crippen LogP contribution in [0.25, 0.3) is 16.6 Å². The molecule has 2 aromatic heterocycles. The van der Waals surface area contributed by atoms with Crippen LogP contribution in [0.5, 0.6) is 0 Å². The Bertz CT molecular complexity index is 875. The Hall–Kier alpha value is -2.47. The van der Waals surface area contributed by atoms with Crippen LogP contribution >= 0.6 is 0 Å². The summed E-state index contributed by atoms with van der Waals surface area (Å²) in [6, 6.07) is 8.44. The third-order valence-corrected chi connectivity index (χ3v) is 4.68. The largest absolute Gasteiger partial charge is 0.351 e. The van der Waals surface area contributed by atoms with Crippen molar-refractivity contribution in [1.82, 2.24) is 25.3 Å². The normalized spacial score (nSPS) is 15.2. The number of aromatic nitrogens is 4. The summed E-state index contributed by atoms with van der Waals surface area (Å²) in [6.07, 6.45) is 0. The number of nitrogens with zero attached hydrogens (tertiary/aromatic N) is 5. The molecular formula is C18H22N6. The molecule has 4 rings (SSSR count). The lowest BCUT2D eigenvalue weighted by atomic mass is 10.2. The molecule has 0 unspecified atom stereocenters. The van der Waals surface area contributed by atoms with Crippen molar-refractivity contribution in [1.29, 1.82) is 0 Å². The molecule has 24 heavy (non-hydrogen) atoms. The highest BCUT2D eigenvalue weighted by atomic mass is 15.3. The van der Waals surface area contributed by atoms with Crippen LogP contribution in [-0.2, 0) is 0 Å². The smallest absolute Gasteiger partial charge is 0.179 e. The summed E-state index contributed by atoms with van der Waals surface area (Å²) in [4.78, 5) is 2.27. The van der Waals surface area contributed by atoms with Gasteiger partial charge in [0.15, 0.2) is 5.82 Å². The third kappa shape index (κ3) is 2.43. The number of hydrogen-bond donors (Lipinski definition) is 1. The standard InChI is InChI=1S/C18H22N6/c1-12-4-6-15(7-5-12)24-14(3)16-13(2)20-21-18(17(16)22-24)23-10-8-19-9-11-23/h4-7,19H,8-11H2,1-3H3. The van der Waals surface area contributed by atoms with E-state index in [9.17, 15) is 0 Å². The topological polar surface area (TPSA) is 58.9 Å². The van der Waals surface area contributed by atoms with Gasteiger partial charge in [0.05, 0.1) is 22.5 Å². The van der Waals surface area contributed by atoms with Crippen molar-refractivity contribution in [2.45, 2.75) is 20.8 Å². The lowest BCUT2D eigenvalue weighted by Gasteiger charge is -2.28. The van der Waals surface area contributed by atoms with E-state index in [1.807, 2.05) is 11.6 Å². The molecule has 1 aromatic carbocycles. The minimum atomic E-state index is 0.895. The highest BCUT2D eigenvalue weighted by Crippen LogP contribution is 2.29. The van der Waals surface area contributed by atoms with Crippen LogP contribution in [0.4, 0.5) is 5.82 Å². The van der Waals surface area contributed by atoms with Gasteiger partial charge in [-0.3, -0.25) is 0 Å². The van der Waals surface area contributed by atoms with E-state index in [1.165, 1.54) is 5.56 Å². The molecule has 6 heteroatoms. The summed E-state index contributed by atoms with van der Waals surface area (Å²) < 4.78 is 2.01. The van der Waals surface area contributed by atoms with Gasteiger partial charge in [-0.2, -0.15) is 10.2 Å². The maximum Gasteiger partial charge on any atom is 0.179 e. The number of rotatable bonds is 2. The number of fused-ring (bicyclic) bond motifs is 1. The Morgan fingerprint density at radius 3 is 2.38 bits per heavy atom. The average Bonchev–Trinajstić information content (AvgIpc) is 2.95. The Morgan fingerprint density at radius 2 is 1.67 bits per heavy atom. The highest BCUT2D eigenvalue weighted by Gasteiger charge is 2.21. The Balaban J connectivity index is 1.89. The van der Waals surface area contributed by atoms with Gasteiger partial charge in [-0.1, -0.05) is 17.7 Å². The van der Waals surface area contributed by atoms with Crippen molar-refractivity contribution in [2.75, 3.05) is 31.1 Å².